The van der Waals surface area contributed by atoms with Gasteiger partial charge in [0.05, 0.1) is 12.1 Å². The first-order valence-corrected chi connectivity index (χ1v) is 5.89. The van der Waals surface area contributed by atoms with Crippen LogP contribution < -0.4 is 10.2 Å². The highest BCUT2D eigenvalue weighted by atomic mass is 16.3. The van der Waals surface area contributed by atoms with E-state index < -0.39 is 5.54 Å². The molecule has 18 heavy (non-hydrogen) atoms. The number of likely N-dealkylation sites (N-methyl/N-ethyl adjacent to an activating group) is 1. The molecule has 6 heteroatoms. The summed E-state index contributed by atoms with van der Waals surface area (Å²) in [4.78, 5) is 13.3. The number of nitrogens with zero attached hydrogens (tertiary/aromatic N) is 3. The average Bonchev–Trinajstić information content (AvgIpc) is 2.38. The highest BCUT2D eigenvalue weighted by Gasteiger charge is 2.24. The number of aromatic nitrogens is 2. The summed E-state index contributed by atoms with van der Waals surface area (Å²) in [6.07, 6.45) is 0. The topological polar surface area (TPSA) is 78.4 Å². The maximum absolute atomic E-state index is 11.5. The van der Waals surface area contributed by atoms with Gasteiger partial charge in [-0.15, -0.1) is 10.2 Å². The Morgan fingerprint density at radius 2 is 2.11 bits per heavy atom. The highest BCUT2D eigenvalue weighted by Crippen LogP contribution is 2.18. The minimum Gasteiger partial charge on any atom is -0.394 e. The van der Waals surface area contributed by atoms with Gasteiger partial charge in [0.25, 0.3) is 5.91 Å². The van der Waals surface area contributed by atoms with Crippen LogP contribution in [0.5, 0.6) is 0 Å². The molecular formula is C12H20N4O2. The van der Waals surface area contributed by atoms with Crippen molar-refractivity contribution in [1.29, 1.82) is 0 Å². The van der Waals surface area contributed by atoms with Crippen molar-refractivity contribution in [3.8, 4) is 0 Å². The second-order valence-electron chi connectivity index (χ2n) is 4.67. The molecule has 0 aliphatic rings. The number of hydrogen-bond donors (Lipinski definition) is 2. The molecule has 2 N–H and O–H groups in total. The van der Waals surface area contributed by atoms with Crippen molar-refractivity contribution in [3.05, 3.63) is 17.8 Å². The molecule has 0 spiro atoms. The Labute approximate surface area is 107 Å². The Hall–Kier alpha value is -1.69. The van der Waals surface area contributed by atoms with E-state index in [9.17, 15) is 9.90 Å². The normalized spacial score (nSPS) is 11.2. The van der Waals surface area contributed by atoms with Crippen molar-refractivity contribution < 1.29 is 9.90 Å². The van der Waals surface area contributed by atoms with Crippen LogP contribution in [0.1, 0.15) is 31.3 Å². The van der Waals surface area contributed by atoms with Gasteiger partial charge in [-0.25, -0.2) is 0 Å². The zero-order chi connectivity index (χ0) is 13.8. The molecule has 0 fully saturated rings. The first-order chi connectivity index (χ1) is 8.42. The molecule has 1 aromatic rings. The molecule has 1 aromatic heterocycles. The third-order valence-electron chi connectivity index (χ3n) is 2.86. The molecule has 0 saturated carbocycles. The van der Waals surface area contributed by atoms with E-state index in [1.807, 2.05) is 32.7 Å². The van der Waals surface area contributed by atoms with Gasteiger partial charge in [0, 0.05) is 13.6 Å². The van der Waals surface area contributed by atoms with Gasteiger partial charge in [0.15, 0.2) is 11.5 Å². The molecule has 0 saturated heterocycles. The Balaban J connectivity index is 2.86. The van der Waals surface area contributed by atoms with Crippen LogP contribution in [0.25, 0.3) is 0 Å². The molecule has 0 unspecified atom stereocenters. The van der Waals surface area contributed by atoms with E-state index in [0.717, 1.165) is 0 Å². The van der Waals surface area contributed by atoms with Crippen molar-refractivity contribution in [2.75, 3.05) is 25.1 Å². The molecule has 6 nitrogen and oxygen atoms in total. The number of nitrogens with one attached hydrogen (secondary N) is 1. The van der Waals surface area contributed by atoms with E-state index in [1.165, 1.54) is 0 Å². The minimum absolute atomic E-state index is 0.00323. The lowest BCUT2D eigenvalue weighted by Crippen LogP contribution is -2.45. The number of carbonyl (C=O) groups is 1. The molecule has 0 bridgehead atoms. The predicted octanol–water partition coefficient (Wildman–Crippen LogP) is 0.433. The maximum Gasteiger partial charge on any atom is 0.271 e. The number of amides is 1. The van der Waals surface area contributed by atoms with E-state index in [2.05, 4.69) is 15.5 Å². The van der Waals surface area contributed by atoms with Crippen LogP contribution in [-0.4, -0.2) is 46.9 Å². The predicted molar refractivity (Wildman–Crippen MR) is 69.6 cm³/mol. The van der Waals surface area contributed by atoms with Gasteiger partial charge in [-0.2, -0.15) is 0 Å². The summed E-state index contributed by atoms with van der Waals surface area (Å²) in [6, 6.07) is 3.34. The lowest BCUT2D eigenvalue weighted by atomic mass is 10.1. The van der Waals surface area contributed by atoms with Gasteiger partial charge in [0.1, 0.15) is 0 Å². The van der Waals surface area contributed by atoms with E-state index in [0.29, 0.717) is 12.4 Å². The third-order valence-corrected chi connectivity index (χ3v) is 2.86. The van der Waals surface area contributed by atoms with Gasteiger partial charge in [-0.05, 0) is 32.9 Å². The van der Waals surface area contributed by atoms with Gasteiger partial charge in [0.2, 0.25) is 0 Å². The smallest absolute Gasteiger partial charge is 0.271 e. The largest absolute Gasteiger partial charge is 0.394 e. The van der Waals surface area contributed by atoms with Gasteiger partial charge in [-0.1, -0.05) is 0 Å². The number of hydrogen-bond acceptors (Lipinski definition) is 5. The Morgan fingerprint density at radius 1 is 1.44 bits per heavy atom. The second kappa shape index (κ2) is 5.77. The maximum atomic E-state index is 11.5. The van der Waals surface area contributed by atoms with Crippen molar-refractivity contribution in [1.82, 2.24) is 15.5 Å². The summed E-state index contributed by atoms with van der Waals surface area (Å²) in [5.74, 6) is 0.378. The Kier molecular flexibility index (Phi) is 4.61. The lowest BCUT2D eigenvalue weighted by Gasteiger charge is -2.34. The van der Waals surface area contributed by atoms with Crippen LogP contribution in [-0.2, 0) is 0 Å². The van der Waals surface area contributed by atoms with E-state index >= 15 is 0 Å². The number of anilines is 1. The van der Waals surface area contributed by atoms with E-state index in [4.69, 9.17) is 0 Å². The van der Waals surface area contributed by atoms with Crippen LogP contribution in [0.2, 0.25) is 0 Å². The molecule has 1 rings (SSSR count). The minimum atomic E-state index is -0.429. The molecule has 1 amide bonds. The molecule has 0 radical (unpaired) electrons. The zero-order valence-electron chi connectivity index (χ0n) is 11.3. The molecular weight excluding hydrogens is 232 g/mol. The van der Waals surface area contributed by atoms with Gasteiger partial charge in [-0.3, -0.25) is 4.79 Å². The average molecular weight is 252 g/mol. The molecule has 100 valence electrons. The molecule has 0 aliphatic carbocycles. The fraction of sp³-hybridized carbons (Fsp3) is 0.583. The van der Waals surface area contributed by atoms with Crippen LogP contribution >= 0.6 is 0 Å². The van der Waals surface area contributed by atoms with Crippen molar-refractivity contribution >= 4 is 11.7 Å². The zero-order valence-corrected chi connectivity index (χ0v) is 11.3. The first-order valence-electron chi connectivity index (χ1n) is 5.89. The lowest BCUT2D eigenvalue weighted by molar-refractivity contribution is 0.0950. The fourth-order valence-electron chi connectivity index (χ4n) is 1.29. The summed E-state index contributed by atoms with van der Waals surface area (Å²) in [5.41, 5.74) is -0.141. The Morgan fingerprint density at radius 3 is 2.56 bits per heavy atom. The molecule has 0 aliphatic heterocycles. The highest BCUT2D eigenvalue weighted by molar-refractivity contribution is 5.92. The fourth-order valence-corrected chi connectivity index (χ4v) is 1.29. The van der Waals surface area contributed by atoms with Gasteiger partial charge < -0.3 is 15.3 Å². The number of aliphatic hydroxyl groups excluding tert-OH is 1. The summed E-state index contributed by atoms with van der Waals surface area (Å²) >= 11 is 0. The van der Waals surface area contributed by atoms with Gasteiger partial charge >= 0.3 is 0 Å². The Bertz CT molecular complexity index is 403. The van der Waals surface area contributed by atoms with Crippen LogP contribution in [0.15, 0.2) is 12.1 Å². The molecule has 0 aromatic carbocycles. The second-order valence-corrected chi connectivity index (χ2v) is 4.67. The number of aliphatic hydroxyl groups is 1. The standard InChI is InChI=1S/C12H20N4O2/c1-5-13-11(18)9-6-7-10(15-14-9)16(4)12(2,3)8-17/h6-7,17H,5,8H2,1-4H3,(H,13,18). The third kappa shape index (κ3) is 3.16. The summed E-state index contributed by atoms with van der Waals surface area (Å²) in [7, 11) is 1.83. The van der Waals surface area contributed by atoms with Crippen molar-refractivity contribution in [2.45, 2.75) is 26.3 Å². The summed E-state index contributed by atoms with van der Waals surface area (Å²) < 4.78 is 0. The SMILES string of the molecule is CCNC(=O)c1ccc(N(C)C(C)(C)CO)nn1. The van der Waals surface area contributed by atoms with E-state index in [-0.39, 0.29) is 18.2 Å². The van der Waals surface area contributed by atoms with Crippen molar-refractivity contribution in [3.63, 3.8) is 0 Å². The number of rotatable bonds is 5. The molecule has 1 heterocycles. The summed E-state index contributed by atoms with van der Waals surface area (Å²) in [6.45, 7) is 6.19. The first kappa shape index (κ1) is 14.4. The monoisotopic (exact) mass is 252 g/mol. The molecule has 0 atom stereocenters. The quantitative estimate of drug-likeness (QED) is 0.794. The van der Waals surface area contributed by atoms with Crippen LogP contribution in [0.4, 0.5) is 5.82 Å². The van der Waals surface area contributed by atoms with Crippen LogP contribution in [0, 0.1) is 0 Å². The van der Waals surface area contributed by atoms with Crippen molar-refractivity contribution in [2.24, 2.45) is 0 Å². The van der Waals surface area contributed by atoms with Crippen LogP contribution in [0.3, 0.4) is 0 Å². The summed E-state index contributed by atoms with van der Waals surface area (Å²) in [5, 5.41) is 19.8. The number of carbonyl (C=O) groups excluding carboxylic acids is 1. The van der Waals surface area contributed by atoms with E-state index in [1.54, 1.807) is 12.1 Å².